The summed E-state index contributed by atoms with van der Waals surface area (Å²) in [7, 11) is 0. The number of aryl methyl sites for hydroxylation is 1. The van der Waals surface area contributed by atoms with Gasteiger partial charge < -0.3 is 10.4 Å². The van der Waals surface area contributed by atoms with Crippen LogP contribution in [0.15, 0.2) is 28.7 Å². The van der Waals surface area contributed by atoms with Crippen molar-refractivity contribution in [3.63, 3.8) is 0 Å². The molecule has 2 N–H and O–H groups in total. The molecule has 3 nitrogen and oxygen atoms in total. The summed E-state index contributed by atoms with van der Waals surface area (Å²) in [5.74, 6) is 0.673. The van der Waals surface area contributed by atoms with E-state index in [1.165, 1.54) is 12.8 Å². The van der Waals surface area contributed by atoms with Gasteiger partial charge in [-0.1, -0.05) is 28.1 Å². The molecule has 0 aliphatic heterocycles. The summed E-state index contributed by atoms with van der Waals surface area (Å²) in [5.41, 5.74) is 1.16. The van der Waals surface area contributed by atoms with Crippen molar-refractivity contribution in [1.29, 1.82) is 0 Å². The first kappa shape index (κ1) is 14.5. The molecule has 1 atom stereocenters. The van der Waals surface area contributed by atoms with Crippen LogP contribution in [-0.2, 0) is 11.2 Å². The molecule has 1 aromatic carbocycles. The Morgan fingerprint density at radius 3 is 2.89 bits per heavy atom. The summed E-state index contributed by atoms with van der Waals surface area (Å²) in [6, 6.07) is 8.20. The topological polar surface area (TPSA) is 49.3 Å². The number of aliphatic hydroxyl groups excluding tert-OH is 1. The Labute approximate surface area is 122 Å². The molecule has 4 heteroatoms. The highest BCUT2D eigenvalue weighted by atomic mass is 79.9. The van der Waals surface area contributed by atoms with Crippen LogP contribution in [0.3, 0.4) is 0 Å². The minimum atomic E-state index is 0.0883. The van der Waals surface area contributed by atoms with E-state index in [9.17, 15) is 4.79 Å². The van der Waals surface area contributed by atoms with Gasteiger partial charge in [0.15, 0.2) is 0 Å². The molecule has 1 saturated carbocycles. The van der Waals surface area contributed by atoms with Gasteiger partial charge in [-0.2, -0.15) is 0 Å². The maximum Gasteiger partial charge on any atom is 0.220 e. The number of benzene rings is 1. The molecule has 1 aliphatic rings. The summed E-state index contributed by atoms with van der Waals surface area (Å²) in [6.07, 6.45) is 4.29. The smallest absolute Gasteiger partial charge is 0.220 e. The quantitative estimate of drug-likeness (QED) is 0.809. The molecular weight excluding hydrogens is 306 g/mol. The van der Waals surface area contributed by atoms with Crippen molar-refractivity contribution < 1.29 is 9.90 Å². The van der Waals surface area contributed by atoms with Gasteiger partial charge in [-0.25, -0.2) is 0 Å². The molecule has 104 valence electrons. The van der Waals surface area contributed by atoms with Crippen molar-refractivity contribution in [2.24, 2.45) is 5.92 Å². The summed E-state index contributed by atoms with van der Waals surface area (Å²) in [4.78, 5) is 11.9. The second-order valence-corrected chi connectivity index (χ2v) is 6.07. The SMILES string of the molecule is O=C(CCc1cccc(Br)c1)NC(CCO)C1CC1. The second-order valence-electron chi connectivity index (χ2n) is 5.15. The average Bonchev–Trinajstić information content (AvgIpc) is 3.20. The zero-order valence-electron chi connectivity index (χ0n) is 10.9. The van der Waals surface area contributed by atoms with Crippen LogP contribution in [-0.4, -0.2) is 23.7 Å². The predicted octanol–water partition coefficient (Wildman–Crippen LogP) is 2.66. The highest BCUT2D eigenvalue weighted by Crippen LogP contribution is 2.33. The van der Waals surface area contributed by atoms with Gasteiger partial charge in [0.05, 0.1) is 0 Å². The Hall–Kier alpha value is -0.870. The number of amides is 1. The van der Waals surface area contributed by atoms with E-state index in [1.54, 1.807) is 0 Å². The molecule has 1 unspecified atom stereocenters. The van der Waals surface area contributed by atoms with Crippen molar-refractivity contribution in [2.75, 3.05) is 6.61 Å². The Bertz CT molecular complexity index is 432. The van der Waals surface area contributed by atoms with E-state index in [4.69, 9.17) is 5.11 Å². The molecule has 0 spiro atoms. The van der Waals surface area contributed by atoms with Gasteiger partial charge in [-0.3, -0.25) is 4.79 Å². The lowest BCUT2D eigenvalue weighted by Gasteiger charge is -2.17. The lowest BCUT2D eigenvalue weighted by molar-refractivity contribution is -0.122. The number of hydrogen-bond donors (Lipinski definition) is 2. The molecule has 0 aromatic heterocycles. The lowest BCUT2D eigenvalue weighted by Crippen LogP contribution is -2.37. The Balaban J connectivity index is 1.77. The van der Waals surface area contributed by atoms with E-state index in [1.807, 2.05) is 24.3 Å². The molecular formula is C15H20BrNO2. The van der Waals surface area contributed by atoms with Crippen LogP contribution in [0.2, 0.25) is 0 Å². The number of halogens is 1. The molecule has 1 aromatic rings. The van der Waals surface area contributed by atoms with Crippen LogP contribution in [0.25, 0.3) is 0 Å². The normalized spacial score (nSPS) is 16.1. The third-order valence-corrected chi connectivity index (χ3v) is 4.00. The van der Waals surface area contributed by atoms with Crippen LogP contribution in [0.5, 0.6) is 0 Å². The molecule has 1 fully saturated rings. The largest absolute Gasteiger partial charge is 0.396 e. The molecule has 0 saturated heterocycles. The van der Waals surface area contributed by atoms with E-state index in [-0.39, 0.29) is 18.6 Å². The first-order valence-corrected chi connectivity index (χ1v) is 7.63. The van der Waals surface area contributed by atoms with Gasteiger partial charge >= 0.3 is 0 Å². The van der Waals surface area contributed by atoms with Crippen LogP contribution < -0.4 is 5.32 Å². The Morgan fingerprint density at radius 1 is 1.47 bits per heavy atom. The summed E-state index contributed by atoms with van der Waals surface area (Å²) < 4.78 is 1.04. The second kappa shape index (κ2) is 7.06. The number of rotatable bonds is 7. The molecule has 0 bridgehead atoms. The van der Waals surface area contributed by atoms with Crippen molar-refractivity contribution in [2.45, 2.75) is 38.1 Å². The highest BCUT2D eigenvalue weighted by Gasteiger charge is 2.31. The standard InChI is InChI=1S/C15H20BrNO2/c16-13-3-1-2-11(10-13)4-7-15(19)17-14(8-9-18)12-5-6-12/h1-3,10,12,14,18H,4-9H2,(H,17,19). The maximum absolute atomic E-state index is 11.9. The van der Waals surface area contributed by atoms with Crippen molar-refractivity contribution in [3.8, 4) is 0 Å². The van der Waals surface area contributed by atoms with Crippen molar-refractivity contribution in [3.05, 3.63) is 34.3 Å². The number of aliphatic hydroxyl groups is 1. The molecule has 2 rings (SSSR count). The van der Waals surface area contributed by atoms with Crippen molar-refractivity contribution in [1.82, 2.24) is 5.32 Å². The minimum absolute atomic E-state index is 0.0883. The predicted molar refractivity (Wildman–Crippen MR) is 78.8 cm³/mol. The third-order valence-electron chi connectivity index (χ3n) is 3.51. The summed E-state index contributed by atoms with van der Waals surface area (Å²) >= 11 is 3.43. The number of carbonyl (C=O) groups excluding carboxylic acids is 1. The molecule has 19 heavy (non-hydrogen) atoms. The van der Waals surface area contributed by atoms with Gasteiger partial charge in [0.25, 0.3) is 0 Å². The fourth-order valence-electron chi connectivity index (χ4n) is 2.29. The van der Waals surface area contributed by atoms with Crippen molar-refractivity contribution >= 4 is 21.8 Å². The van der Waals surface area contributed by atoms with Gasteiger partial charge in [-0.15, -0.1) is 0 Å². The zero-order chi connectivity index (χ0) is 13.7. The van der Waals surface area contributed by atoms with E-state index >= 15 is 0 Å². The molecule has 0 radical (unpaired) electrons. The minimum Gasteiger partial charge on any atom is -0.396 e. The summed E-state index contributed by atoms with van der Waals surface area (Å²) in [6.45, 7) is 0.146. The lowest BCUT2D eigenvalue weighted by atomic mass is 10.1. The third kappa shape index (κ3) is 4.96. The first-order chi connectivity index (χ1) is 9.19. The van der Waals surface area contributed by atoms with Crippen LogP contribution >= 0.6 is 15.9 Å². The molecule has 1 aliphatic carbocycles. The van der Waals surface area contributed by atoms with E-state index < -0.39 is 0 Å². The maximum atomic E-state index is 11.9. The van der Waals surface area contributed by atoms with Crippen LogP contribution in [0.4, 0.5) is 0 Å². The Kier molecular flexibility index (Phi) is 5.40. The Morgan fingerprint density at radius 2 is 2.26 bits per heavy atom. The number of hydrogen-bond acceptors (Lipinski definition) is 2. The molecule has 0 heterocycles. The van der Waals surface area contributed by atoms with Gasteiger partial charge in [0.1, 0.15) is 0 Å². The highest BCUT2D eigenvalue weighted by molar-refractivity contribution is 9.10. The van der Waals surface area contributed by atoms with Gasteiger partial charge in [0.2, 0.25) is 5.91 Å². The average molecular weight is 326 g/mol. The van der Waals surface area contributed by atoms with E-state index in [2.05, 4.69) is 21.2 Å². The number of nitrogens with one attached hydrogen (secondary N) is 1. The van der Waals surface area contributed by atoms with Crippen LogP contribution in [0, 0.1) is 5.92 Å². The van der Waals surface area contributed by atoms with E-state index in [0.29, 0.717) is 18.8 Å². The fourth-order valence-corrected chi connectivity index (χ4v) is 2.74. The first-order valence-electron chi connectivity index (χ1n) is 6.83. The fraction of sp³-hybridized carbons (Fsp3) is 0.533. The number of carbonyl (C=O) groups is 1. The van der Waals surface area contributed by atoms with Crippen LogP contribution in [0.1, 0.15) is 31.2 Å². The zero-order valence-corrected chi connectivity index (χ0v) is 12.5. The monoisotopic (exact) mass is 325 g/mol. The van der Waals surface area contributed by atoms with Gasteiger partial charge in [-0.05, 0) is 49.3 Å². The van der Waals surface area contributed by atoms with E-state index in [0.717, 1.165) is 16.5 Å². The molecule has 1 amide bonds. The van der Waals surface area contributed by atoms with Gasteiger partial charge in [0, 0.05) is 23.5 Å². The summed E-state index contributed by atoms with van der Waals surface area (Å²) in [5, 5.41) is 12.1.